The van der Waals surface area contributed by atoms with Gasteiger partial charge in [-0.2, -0.15) is 13.2 Å². The summed E-state index contributed by atoms with van der Waals surface area (Å²) in [6.45, 7) is -0.830. The standard InChI is InChI=1S/C14H19F3N2O/c1-20-12-3-2-10-4-5-13(8-18,7-11(10)6-12)19-9-14(15,16)17/h2-3,6,19H,4-5,7-9,18H2,1H3. The van der Waals surface area contributed by atoms with Crippen LogP contribution in [0.3, 0.4) is 0 Å². The number of aryl methyl sites for hydroxylation is 1. The van der Waals surface area contributed by atoms with Crippen molar-refractivity contribution < 1.29 is 17.9 Å². The second-order valence-corrected chi connectivity index (χ2v) is 5.26. The lowest BCUT2D eigenvalue weighted by atomic mass is 9.78. The number of hydrogen-bond donors (Lipinski definition) is 2. The Morgan fingerprint density at radius 2 is 2.10 bits per heavy atom. The van der Waals surface area contributed by atoms with Crippen molar-refractivity contribution in [2.24, 2.45) is 5.73 Å². The maximum Gasteiger partial charge on any atom is 0.401 e. The van der Waals surface area contributed by atoms with E-state index in [4.69, 9.17) is 10.5 Å². The lowest BCUT2D eigenvalue weighted by molar-refractivity contribution is -0.129. The minimum atomic E-state index is -4.23. The second-order valence-electron chi connectivity index (χ2n) is 5.26. The Bertz CT molecular complexity index is 476. The second kappa shape index (κ2) is 5.61. The number of ether oxygens (including phenoxy) is 1. The van der Waals surface area contributed by atoms with Crippen molar-refractivity contribution in [1.82, 2.24) is 5.32 Å². The molecule has 6 heteroatoms. The van der Waals surface area contributed by atoms with Crippen LogP contribution in [-0.2, 0) is 12.8 Å². The third-order valence-electron chi connectivity index (χ3n) is 3.87. The van der Waals surface area contributed by atoms with Crippen LogP contribution in [0.1, 0.15) is 17.5 Å². The smallest absolute Gasteiger partial charge is 0.401 e. The van der Waals surface area contributed by atoms with Gasteiger partial charge >= 0.3 is 6.18 Å². The molecule has 112 valence electrons. The number of nitrogens with one attached hydrogen (secondary N) is 1. The predicted molar refractivity (Wildman–Crippen MR) is 70.9 cm³/mol. The van der Waals surface area contributed by atoms with E-state index in [0.717, 1.165) is 17.5 Å². The first-order valence-electron chi connectivity index (χ1n) is 6.55. The molecule has 3 N–H and O–H groups in total. The fourth-order valence-corrected chi connectivity index (χ4v) is 2.65. The number of halogens is 3. The first-order chi connectivity index (χ1) is 9.37. The minimum absolute atomic E-state index is 0.180. The molecule has 0 spiro atoms. The Morgan fingerprint density at radius 1 is 1.35 bits per heavy atom. The molecule has 1 atom stereocenters. The van der Waals surface area contributed by atoms with Gasteiger partial charge in [-0.1, -0.05) is 6.07 Å². The van der Waals surface area contributed by atoms with Crippen LogP contribution >= 0.6 is 0 Å². The normalized spacial score (nSPS) is 22.4. The summed E-state index contributed by atoms with van der Waals surface area (Å²) in [6.07, 6.45) is -2.40. The van der Waals surface area contributed by atoms with Crippen LogP contribution < -0.4 is 15.8 Å². The Hall–Kier alpha value is -1.27. The SMILES string of the molecule is COc1ccc2c(c1)CC(CN)(NCC(F)(F)F)CC2. The average Bonchev–Trinajstić information content (AvgIpc) is 2.43. The summed E-state index contributed by atoms with van der Waals surface area (Å²) in [6, 6.07) is 5.73. The minimum Gasteiger partial charge on any atom is -0.497 e. The van der Waals surface area contributed by atoms with Gasteiger partial charge in [-0.05, 0) is 42.5 Å². The lowest BCUT2D eigenvalue weighted by Crippen LogP contribution is -2.57. The third kappa shape index (κ3) is 3.43. The summed E-state index contributed by atoms with van der Waals surface area (Å²) in [7, 11) is 1.57. The molecule has 1 aliphatic rings. The van der Waals surface area contributed by atoms with E-state index in [2.05, 4.69) is 5.32 Å². The Balaban J connectivity index is 2.17. The molecule has 1 aromatic carbocycles. The molecule has 0 bridgehead atoms. The van der Waals surface area contributed by atoms with Crippen molar-refractivity contribution in [2.75, 3.05) is 20.2 Å². The van der Waals surface area contributed by atoms with Crippen LogP contribution in [-0.4, -0.2) is 31.9 Å². The van der Waals surface area contributed by atoms with Gasteiger partial charge in [-0.15, -0.1) is 0 Å². The molecule has 1 aromatic rings. The Labute approximate surface area is 116 Å². The largest absolute Gasteiger partial charge is 0.497 e. The molecule has 2 rings (SSSR count). The van der Waals surface area contributed by atoms with E-state index in [0.29, 0.717) is 18.6 Å². The highest BCUT2D eigenvalue weighted by Gasteiger charge is 2.37. The van der Waals surface area contributed by atoms with E-state index in [1.54, 1.807) is 7.11 Å². The van der Waals surface area contributed by atoms with Crippen molar-refractivity contribution in [3.05, 3.63) is 29.3 Å². The zero-order valence-electron chi connectivity index (χ0n) is 11.4. The first kappa shape index (κ1) is 15.1. The number of methoxy groups -OCH3 is 1. The molecule has 0 fully saturated rings. The predicted octanol–water partition coefficient (Wildman–Crippen LogP) is 2.03. The van der Waals surface area contributed by atoms with E-state index >= 15 is 0 Å². The molecule has 1 unspecified atom stereocenters. The number of nitrogens with two attached hydrogens (primary N) is 1. The summed E-state index contributed by atoms with van der Waals surface area (Å²) in [5, 5.41) is 2.61. The first-order valence-corrected chi connectivity index (χ1v) is 6.55. The van der Waals surface area contributed by atoms with E-state index in [1.807, 2.05) is 18.2 Å². The summed E-state index contributed by atoms with van der Waals surface area (Å²) < 4.78 is 42.4. The lowest BCUT2D eigenvalue weighted by Gasteiger charge is -2.38. The summed E-state index contributed by atoms with van der Waals surface area (Å²) in [5.74, 6) is 0.715. The number of benzene rings is 1. The van der Waals surface area contributed by atoms with E-state index in [1.165, 1.54) is 0 Å². The zero-order chi connectivity index (χ0) is 14.8. The molecule has 0 amide bonds. The molecule has 0 aromatic heterocycles. The molecule has 0 aliphatic heterocycles. The van der Waals surface area contributed by atoms with E-state index in [9.17, 15) is 13.2 Å². The molecule has 20 heavy (non-hydrogen) atoms. The molecule has 0 heterocycles. The van der Waals surface area contributed by atoms with Crippen LogP contribution in [0.15, 0.2) is 18.2 Å². The van der Waals surface area contributed by atoms with Gasteiger partial charge in [0, 0.05) is 12.1 Å². The molecule has 0 saturated heterocycles. The number of alkyl halides is 3. The van der Waals surface area contributed by atoms with E-state index < -0.39 is 18.3 Å². The average molecular weight is 288 g/mol. The number of hydrogen-bond acceptors (Lipinski definition) is 3. The highest BCUT2D eigenvalue weighted by molar-refractivity contribution is 5.39. The van der Waals surface area contributed by atoms with E-state index in [-0.39, 0.29) is 6.54 Å². The van der Waals surface area contributed by atoms with Crippen LogP contribution in [0.2, 0.25) is 0 Å². The molecule has 1 aliphatic carbocycles. The fourth-order valence-electron chi connectivity index (χ4n) is 2.65. The highest BCUT2D eigenvalue weighted by atomic mass is 19.4. The van der Waals surface area contributed by atoms with Crippen molar-refractivity contribution in [1.29, 1.82) is 0 Å². The maximum absolute atomic E-state index is 12.4. The fraction of sp³-hybridized carbons (Fsp3) is 0.571. The maximum atomic E-state index is 12.4. The van der Waals surface area contributed by atoms with Gasteiger partial charge in [0.15, 0.2) is 0 Å². The van der Waals surface area contributed by atoms with Gasteiger partial charge in [-0.25, -0.2) is 0 Å². The molecule has 0 radical (unpaired) electrons. The topological polar surface area (TPSA) is 47.3 Å². The molecular formula is C14H19F3N2O. The van der Waals surface area contributed by atoms with Crippen molar-refractivity contribution in [3.63, 3.8) is 0 Å². The highest BCUT2D eigenvalue weighted by Crippen LogP contribution is 2.31. The Kier molecular flexibility index (Phi) is 4.25. The molecule has 3 nitrogen and oxygen atoms in total. The monoisotopic (exact) mass is 288 g/mol. The number of rotatable bonds is 4. The summed E-state index contributed by atoms with van der Waals surface area (Å²) in [4.78, 5) is 0. The van der Waals surface area contributed by atoms with Gasteiger partial charge in [0.25, 0.3) is 0 Å². The zero-order valence-corrected chi connectivity index (χ0v) is 11.4. The third-order valence-corrected chi connectivity index (χ3v) is 3.87. The van der Waals surface area contributed by atoms with Gasteiger partial charge in [0.2, 0.25) is 0 Å². The van der Waals surface area contributed by atoms with Crippen LogP contribution in [0.5, 0.6) is 5.75 Å². The van der Waals surface area contributed by atoms with Crippen LogP contribution in [0, 0.1) is 0 Å². The van der Waals surface area contributed by atoms with Crippen molar-refractivity contribution in [2.45, 2.75) is 31.0 Å². The van der Waals surface area contributed by atoms with Crippen LogP contribution in [0.25, 0.3) is 0 Å². The van der Waals surface area contributed by atoms with Gasteiger partial charge in [0.1, 0.15) is 5.75 Å². The van der Waals surface area contributed by atoms with Crippen LogP contribution in [0.4, 0.5) is 13.2 Å². The van der Waals surface area contributed by atoms with Crippen molar-refractivity contribution in [3.8, 4) is 5.75 Å². The van der Waals surface area contributed by atoms with Crippen molar-refractivity contribution >= 4 is 0 Å². The van der Waals surface area contributed by atoms with Gasteiger partial charge in [-0.3, -0.25) is 0 Å². The Morgan fingerprint density at radius 3 is 2.70 bits per heavy atom. The molecular weight excluding hydrogens is 269 g/mol. The summed E-state index contributed by atoms with van der Waals surface area (Å²) in [5.41, 5.74) is 7.21. The quantitative estimate of drug-likeness (QED) is 0.891. The van der Waals surface area contributed by atoms with Gasteiger partial charge < -0.3 is 15.8 Å². The van der Waals surface area contributed by atoms with Gasteiger partial charge in [0.05, 0.1) is 13.7 Å². The summed E-state index contributed by atoms with van der Waals surface area (Å²) >= 11 is 0. The molecule has 0 saturated carbocycles. The number of fused-ring (bicyclic) bond motifs is 1.